The van der Waals surface area contributed by atoms with Crippen LogP contribution in [0.3, 0.4) is 0 Å². The second-order valence-electron chi connectivity index (χ2n) is 3.27. The summed E-state index contributed by atoms with van der Waals surface area (Å²) in [5, 5.41) is 8.34. The molecule has 0 aliphatic carbocycles. The molecule has 0 saturated heterocycles. The molecule has 0 saturated carbocycles. The summed E-state index contributed by atoms with van der Waals surface area (Å²) in [5.74, 6) is -1.30. The second kappa shape index (κ2) is 5.62. The van der Waals surface area contributed by atoms with Gasteiger partial charge >= 0.3 is 5.97 Å². The predicted molar refractivity (Wildman–Crippen MR) is 59.6 cm³/mol. The Morgan fingerprint density at radius 3 is 2.44 bits per heavy atom. The summed E-state index contributed by atoms with van der Waals surface area (Å²) in [6.45, 7) is -0.572. The molecular weight excluding hydrogens is 230 g/mol. The molecule has 88 valence electrons. The van der Waals surface area contributed by atoms with Crippen LogP contribution in [0.2, 0.25) is 0 Å². The summed E-state index contributed by atoms with van der Waals surface area (Å²) in [5.41, 5.74) is 0.906. The highest BCUT2D eigenvalue weighted by molar-refractivity contribution is 7.89. The van der Waals surface area contributed by atoms with Gasteiger partial charge in [0.05, 0.1) is 5.75 Å². The van der Waals surface area contributed by atoms with Gasteiger partial charge in [-0.2, -0.15) is 0 Å². The lowest BCUT2D eigenvalue weighted by Gasteiger charge is -2.04. The van der Waals surface area contributed by atoms with Crippen LogP contribution in [0.1, 0.15) is 5.56 Å². The monoisotopic (exact) mass is 243 g/mol. The number of aryl methyl sites for hydroxylation is 1. The molecule has 0 radical (unpaired) electrons. The minimum absolute atomic E-state index is 0.107. The van der Waals surface area contributed by atoms with Gasteiger partial charge in [-0.25, -0.2) is 13.1 Å². The quantitative estimate of drug-likeness (QED) is 0.749. The van der Waals surface area contributed by atoms with E-state index in [0.29, 0.717) is 6.42 Å². The third-order valence-corrected chi connectivity index (χ3v) is 3.27. The number of rotatable bonds is 6. The molecule has 1 aromatic rings. The molecule has 0 aliphatic rings. The van der Waals surface area contributed by atoms with Gasteiger partial charge in [-0.1, -0.05) is 30.3 Å². The van der Waals surface area contributed by atoms with E-state index in [9.17, 15) is 13.2 Å². The van der Waals surface area contributed by atoms with Crippen LogP contribution in [0.25, 0.3) is 0 Å². The van der Waals surface area contributed by atoms with Crippen molar-refractivity contribution >= 4 is 16.0 Å². The molecular formula is C10H13NO4S. The first-order valence-electron chi connectivity index (χ1n) is 4.73. The number of carboxylic acids is 1. The zero-order valence-electron chi connectivity index (χ0n) is 8.59. The van der Waals surface area contributed by atoms with Gasteiger partial charge in [0.25, 0.3) is 0 Å². The van der Waals surface area contributed by atoms with Crippen molar-refractivity contribution in [3.63, 3.8) is 0 Å². The molecule has 0 aliphatic heterocycles. The number of carboxylic acid groups (broad SMARTS) is 1. The standard InChI is InChI=1S/C10H13NO4S/c12-10(13)8-11-16(14,15)7-6-9-4-2-1-3-5-9/h1-5,11H,6-8H2,(H,12,13). The number of nitrogens with one attached hydrogen (secondary N) is 1. The van der Waals surface area contributed by atoms with Crippen molar-refractivity contribution in [3.8, 4) is 0 Å². The van der Waals surface area contributed by atoms with Crippen LogP contribution >= 0.6 is 0 Å². The molecule has 0 spiro atoms. The Bertz CT molecular complexity index is 441. The smallest absolute Gasteiger partial charge is 0.318 e. The van der Waals surface area contributed by atoms with E-state index in [1.54, 1.807) is 0 Å². The zero-order valence-corrected chi connectivity index (χ0v) is 9.40. The molecule has 0 fully saturated rings. The first kappa shape index (κ1) is 12.7. The SMILES string of the molecule is O=C(O)CNS(=O)(=O)CCc1ccccc1. The number of hydrogen-bond acceptors (Lipinski definition) is 3. The molecule has 2 N–H and O–H groups in total. The summed E-state index contributed by atoms with van der Waals surface area (Å²) < 4.78 is 24.7. The van der Waals surface area contributed by atoms with Gasteiger partial charge < -0.3 is 5.11 Å². The van der Waals surface area contributed by atoms with Gasteiger partial charge in [-0.3, -0.25) is 4.79 Å². The predicted octanol–water partition coefficient (Wildman–Crippen LogP) is 0.233. The Morgan fingerprint density at radius 2 is 1.88 bits per heavy atom. The van der Waals surface area contributed by atoms with E-state index in [1.165, 1.54) is 0 Å². The van der Waals surface area contributed by atoms with Gasteiger partial charge in [0.1, 0.15) is 6.54 Å². The lowest BCUT2D eigenvalue weighted by Crippen LogP contribution is -2.31. The fraction of sp³-hybridized carbons (Fsp3) is 0.300. The summed E-state index contributed by atoms with van der Waals surface area (Å²) in [6, 6.07) is 9.15. The van der Waals surface area contributed by atoms with Crippen molar-refractivity contribution < 1.29 is 18.3 Å². The van der Waals surface area contributed by atoms with E-state index >= 15 is 0 Å². The van der Waals surface area contributed by atoms with Gasteiger partial charge in [-0.15, -0.1) is 0 Å². The lowest BCUT2D eigenvalue weighted by atomic mass is 10.2. The lowest BCUT2D eigenvalue weighted by molar-refractivity contribution is -0.135. The molecule has 16 heavy (non-hydrogen) atoms. The van der Waals surface area contributed by atoms with E-state index < -0.39 is 22.5 Å². The van der Waals surface area contributed by atoms with Gasteiger partial charge in [0.15, 0.2) is 0 Å². The molecule has 0 aromatic heterocycles. The maximum absolute atomic E-state index is 11.3. The Morgan fingerprint density at radius 1 is 1.25 bits per heavy atom. The minimum Gasteiger partial charge on any atom is -0.480 e. The average Bonchev–Trinajstić information content (AvgIpc) is 2.26. The van der Waals surface area contributed by atoms with E-state index in [1.807, 2.05) is 35.1 Å². The van der Waals surface area contributed by atoms with E-state index in [-0.39, 0.29) is 5.75 Å². The number of hydrogen-bond donors (Lipinski definition) is 2. The van der Waals surface area contributed by atoms with E-state index in [2.05, 4.69) is 0 Å². The molecule has 0 heterocycles. The summed E-state index contributed by atoms with van der Waals surface area (Å²) in [7, 11) is -3.51. The van der Waals surface area contributed by atoms with Crippen molar-refractivity contribution in [3.05, 3.63) is 35.9 Å². The topological polar surface area (TPSA) is 83.5 Å². The number of benzene rings is 1. The van der Waals surface area contributed by atoms with Gasteiger partial charge in [-0.05, 0) is 12.0 Å². The van der Waals surface area contributed by atoms with Crippen LogP contribution in [0.4, 0.5) is 0 Å². The first-order valence-corrected chi connectivity index (χ1v) is 6.38. The highest BCUT2D eigenvalue weighted by Crippen LogP contribution is 2.01. The molecule has 5 nitrogen and oxygen atoms in total. The molecule has 1 rings (SSSR count). The highest BCUT2D eigenvalue weighted by Gasteiger charge is 2.11. The van der Waals surface area contributed by atoms with Crippen molar-refractivity contribution in [2.45, 2.75) is 6.42 Å². The first-order chi connectivity index (χ1) is 7.49. The van der Waals surface area contributed by atoms with Crippen molar-refractivity contribution in [2.24, 2.45) is 0 Å². The third-order valence-electron chi connectivity index (χ3n) is 1.95. The molecule has 0 atom stereocenters. The van der Waals surface area contributed by atoms with Crippen LogP contribution in [0.15, 0.2) is 30.3 Å². The summed E-state index contributed by atoms with van der Waals surface area (Å²) >= 11 is 0. The van der Waals surface area contributed by atoms with E-state index in [4.69, 9.17) is 5.11 Å². The second-order valence-corrected chi connectivity index (χ2v) is 5.20. The molecule has 0 unspecified atom stereocenters. The van der Waals surface area contributed by atoms with Crippen LogP contribution < -0.4 is 4.72 Å². The molecule has 0 bridgehead atoms. The zero-order chi connectivity index (χ0) is 12.0. The number of aliphatic carboxylic acids is 1. The average molecular weight is 243 g/mol. The normalized spacial score (nSPS) is 11.2. The van der Waals surface area contributed by atoms with E-state index in [0.717, 1.165) is 5.56 Å². The fourth-order valence-corrected chi connectivity index (χ4v) is 2.13. The van der Waals surface area contributed by atoms with Crippen molar-refractivity contribution in [1.82, 2.24) is 4.72 Å². The van der Waals surface area contributed by atoms with Crippen LogP contribution in [-0.4, -0.2) is 31.8 Å². The number of sulfonamides is 1. The molecule has 1 aromatic carbocycles. The van der Waals surface area contributed by atoms with Gasteiger partial charge in [0, 0.05) is 0 Å². The van der Waals surface area contributed by atoms with Crippen LogP contribution in [0, 0.1) is 0 Å². The Labute approximate surface area is 94.2 Å². The fourth-order valence-electron chi connectivity index (χ4n) is 1.14. The van der Waals surface area contributed by atoms with Gasteiger partial charge in [0.2, 0.25) is 10.0 Å². The Kier molecular flexibility index (Phi) is 4.45. The minimum atomic E-state index is -3.51. The maximum atomic E-state index is 11.3. The largest absolute Gasteiger partial charge is 0.480 e. The summed E-state index contributed by atoms with van der Waals surface area (Å²) in [6.07, 6.45) is 0.371. The van der Waals surface area contributed by atoms with Crippen molar-refractivity contribution in [1.29, 1.82) is 0 Å². The number of carbonyl (C=O) groups is 1. The Balaban J connectivity index is 2.45. The van der Waals surface area contributed by atoms with Crippen LogP contribution in [-0.2, 0) is 21.2 Å². The Hall–Kier alpha value is -1.40. The molecule has 0 amide bonds. The van der Waals surface area contributed by atoms with Crippen LogP contribution in [0.5, 0.6) is 0 Å². The summed E-state index contributed by atoms with van der Waals surface area (Å²) in [4.78, 5) is 10.2. The van der Waals surface area contributed by atoms with Crippen molar-refractivity contribution in [2.75, 3.05) is 12.3 Å². The highest BCUT2D eigenvalue weighted by atomic mass is 32.2. The maximum Gasteiger partial charge on any atom is 0.318 e. The molecule has 6 heteroatoms. The third kappa shape index (κ3) is 4.90.